The van der Waals surface area contributed by atoms with Crippen molar-refractivity contribution in [1.82, 2.24) is 4.57 Å². The lowest BCUT2D eigenvalue weighted by Crippen LogP contribution is -3.00. The van der Waals surface area contributed by atoms with Crippen molar-refractivity contribution in [1.29, 1.82) is 0 Å². The monoisotopic (exact) mass is 376 g/mol. The molecule has 0 amide bonds. The maximum atomic E-state index is 14.3. The van der Waals surface area contributed by atoms with Gasteiger partial charge in [0, 0.05) is 12.7 Å². The maximum absolute atomic E-state index is 14.3. The lowest BCUT2D eigenvalue weighted by atomic mass is 10.1. The molecule has 0 saturated carbocycles. The van der Waals surface area contributed by atoms with Crippen molar-refractivity contribution in [2.24, 2.45) is 0 Å². The molecule has 26 heavy (non-hydrogen) atoms. The standard InChI is InChI=1S/C19H17FN2O3.ClH/c1-2-25-19(24)14-11-22(10-12-6-8-13(21)9-7-12)16-5-3-4-15(20)17(16)18(14)23;/h3-9,11H,2,10,21H2,1H3;1H. The molecule has 0 atom stereocenters. The van der Waals surface area contributed by atoms with Gasteiger partial charge in [0.15, 0.2) is 0 Å². The number of carbonyl (C=O) groups excluding carboxylic acids is 1. The first kappa shape index (κ1) is 19.6. The first-order valence-electron chi connectivity index (χ1n) is 7.91. The Balaban J connectivity index is 0.00000243. The fourth-order valence-electron chi connectivity index (χ4n) is 2.72. The Morgan fingerprint density at radius 1 is 1.19 bits per heavy atom. The van der Waals surface area contributed by atoms with Crippen LogP contribution in [0.5, 0.6) is 0 Å². The molecule has 0 radical (unpaired) electrons. The van der Waals surface area contributed by atoms with Crippen LogP contribution in [0.2, 0.25) is 0 Å². The van der Waals surface area contributed by atoms with E-state index in [9.17, 15) is 14.0 Å². The van der Waals surface area contributed by atoms with Crippen molar-refractivity contribution in [2.45, 2.75) is 13.5 Å². The van der Waals surface area contributed by atoms with E-state index in [-0.39, 0.29) is 30.0 Å². The molecule has 136 valence electrons. The molecule has 1 aromatic heterocycles. The molecule has 0 unspecified atom stereocenters. The Labute approximate surface area is 155 Å². The van der Waals surface area contributed by atoms with Crippen LogP contribution in [0.15, 0.2) is 53.5 Å². The Kier molecular flexibility index (Phi) is 6.13. The summed E-state index contributed by atoms with van der Waals surface area (Å²) in [6.07, 6.45) is 1.43. The molecule has 7 heteroatoms. The number of halogens is 2. The molecule has 3 N–H and O–H groups in total. The lowest BCUT2D eigenvalue weighted by molar-refractivity contribution is -0.254. The minimum absolute atomic E-state index is 0. The third kappa shape index (κ3) is 3.76. The number of ether oxygens (including phenoxy) is 1. The second-order valence-electron chi connectivity index (χ2n) is 5.67. The summed E-state index contributed by atoms with van der Waals surface area (Å²) in [6, 6.07) is 11.9. The Hall–Kier alpha value is -2.70. The summed E-state index contributed by atoms with van der Waals surface area (Å²) < 4.78 is 20.9. The largest absolute Gasteiger partial charge is 1.00 e. The quantitative estimate of drug-likeness (QED) is 0.608. The van der Waals surface area contributed by atoms with Crippen LogP contribution in [0.1, 0.15) is 22.8 Å². The Bertz CT molecular complexity index is 1000. The maximum Gasteiger partial charge on any atom is 0.343 e. The van der Waals surface area contributed by atoms with Gasteiger partial charge in [-0.05, 0) is 36.8 Å². The van der Waals surface area contributed by atoms with E-state index in [1.54, 1.807) is 17.6 Å². The molecule has 0 spiro atoms. The Morgan fingerprint density at radius 3 is 2.54 bits per heavy atom. The second-order valence-corrected chi connectivity index (χ2v) is 5.67. The van der Waals surface area contributed by atoms with Crippen LogP contribution in [0, 0.1) is 5.82 Å². The summed E-state index contributed by atoms with van der Waals surface area (Å²) in [4.78, 5) is 24.7. The number of fused-ring (bicyclic) bond motifs is 1. The van der Waals surface area contributed by atoms with Crippen molar-refractivity contribution in [3.8, 4) is 0 Å². The van der Waals surface area contributed by atoms with Crippen LogP contribution < -0.4 is 23.6 Å². The summed E-state index contributed by atoms with van der Waals surface area (Å²) in [5, 5.41) is -0.109. The number of hydrogen-bond donors (Lipinski definition) is 1. The molecular formula is C19H18ClFN2O3. The number of quaternary nitrogens is 1. The zero-order valence-corrected chi connectivity index (χ0v) is 14.9. The molecule has 3 aromatic rings. The molecule has 0 bridgehead atoms. The van der Waals surface area contributed by atoms with Gasteiger partial charge in [-0.1, -0.05) is 18.2 Å². The summed E-state index contributed by atoms with van der Waals surface area (Å²) in [5.74, 6) is -1.41. The Morgan fingerprint density at radius 2 is 1.88 bits per heavy atom. The van der Waals surface area contributed by atoms with Crippen molar-refractivity contribution in [3.63, 3.8) is 0 Å². The molecule has 1 heterocycles. The van der Waals surface area contributed by atoms with Crippen LogP contribution in [0.3, 0.4) is 0 Å². The van der Waals surface area contributed by atoms with Crippen molar-refractivity contribution >= 4 is 22.6 Å². The van der Waals surface area contributed by atoms with Gasteiger partial charge in [0.25, 0.3) is 0 Å². The van der Waals surface area contributed by atoms with E-state index in [4.69, 9.17) is 4.74 Å². The van der Waals surface area contributed by atoms with Crippen molar-refractivity contribution in [3.05, 3.63) is 75.8 Å². The van der Waals surface area contributed by atoms with Gasteiger partial charge in [0.05, 0.1) is 17.5 Å². The zero-order chi connectivity index (χ0) is 18.0. The number of hydrogen-bond acceptors (Lipinski definition) is 3. The zero-order valence-electron chi connectivity index (χ0n) is 14.2. The second kappa shape index (κ2) is 8.12. The lowest BCUT2D eigenvalue weighted by Gasteiger charge is -2.13. The highest BCUT2D eigenvalue weighted by atomic mass is 35.5. The number of rotatable bonds is 4. The molecule has 3 rings (SSSR count). The number of nitrogens with zero attached hydrogens (tertiary/aromatic N) is 1. The predicted molar refractivity (Wildman–Crippen MR) is 92.2 cm³/mol. The van der Waals surface area contributed by atoms with Crippen molar-refractivity contribution in [2.75, 3.05) is 6.61 Å². The summed E-state index contributed by atoms with van der Waals surface area (Å²) in [5.41, 5.74) is 5.26. The third-order valence-electron chi connectivity index (χ3n) is 3.93. The van der Waals surface area contributed by atoms with Gasteiger partial charge in [-0.2, -0.15) is 0 Å². The minimum atomic E-state index is -0.750. The van der Waals surface area contributed by atoms with Gasteiger partial charge in [-0.25, -0.2) is 9.18 Å². The summed E-state index contributed by atoms with van der Waals surface area (Å²) in [7, 11) is 0. The molecule has 0 fully saturated rings. The normalized spacial score (nSPS) is 10.4. The van der Waals surface area contributed by atoms with Gasteiger partial charge in [0.1, 0.15) is 17.1 Å². The predicted octanol–water partition coefficient (Wildman–Crippen LogP) is -0.757. The van der Waals surface area contributed by atoms with Gasteiger partial charge in [-0.15, -0.1) is 0 Å². The fraction of sp³-hybridized carbons (Fsp3) is 0.158. The van der Waals surface area contributed by atoms with E-state index < -0.39 is 17.2 Å². The highest BCUT2D eigenvalue weighted by molar-refractivity contribution is 5.94. The molecule has 0 aliphatic rings. The molecule has 0 aliphatic carbocycles. The molecular weight excluding hydrogens is 359 g/mol. The molecule has 5 nitrogen and oxygen atoms in total. The number of benzene rings is 2. The first-order chi connectivity index (χ1) is 12.0. The smallest absolute Gasteiger partial charge is 0.343 e. The van der Waals surface area contributed by atoms with Crippen LogP contribution >= 0.6 is 0 Å². The summed E-state index contributed by atoms with van der Waals surface area (Å²) >= 11 is 0. The average molecular weight is 377 g/mol. The van der Waals surface area contributed by atoms with Gasteiger partial charge >= 0.3 is 5.97 Å². The topological polar surface area (TPSA) is 75.9 Å². The van der Waals surface area contributed by atoms with Crippen LogP contribution in [-0.4, -0.2) is 17.1 Å². The minimum Gasteiger partial charge on any atom is -1.00 e. The van der Waals surface area contributed by atoms with Crippen LogP contribution in [-0.2, 0) is 11.3 Å². The molecule has 0 aliphatic heterocycles. The molecule has 2 aromatic carbocycles. The number of esters is 1. The third-order valence-corrected chi connectivity index (χ3v) is 3.93. The number of aromatic nitrogens is 1. The molecule has 0 saturated heterocycles. The van der Waals surface area contributed by atoms with Crippen molar-refractivity contribution < 1.29 is 32.1 Å². The van der Waals surface area contributed by atoms with E-state index in [2.05, 4.69) is 5.73 Å². The summed E-state index contributed by atoms with van der Waals surface area (Å²) in [6.45, 7) is 2.17. The fourth-order valence-corrected chi connectivity index (χ4v) is 2.72. The van der Waals surface area contributed by atoms with Gasteiger partial charge < -0.3 is 27.4 Å². The first-order valence-corrected chi connectivity index (χ1v) is 7.91. The highest BCUT2D eigenvalue weighted by Crippen LogP contribution is 2.18. The van der Waals surface area contributed by atoms with Gasteiger partial charge in [0.2, 0.25) is 5.43 Å². The van der Waals surface area contributed by atoms with Crippen LogP contribution in [0.25, 0.3) is 10.9 Å². The van der Waals surface area contributed by atoms with E-state index in [0.29, 0.717) is 12.1 Å². The number of carbonyl (C=O) groups is 1. The highest BCUT2D eigenvalue weighted by Gasteiger charge is 2.18. The van der Waals surface area contributed by atoms with E-state index >= 15 is 0 Å². The van der Waals surface area contributed by atoms with E-state index in [0.717, 1.165) is 11.3 Å². The SMILES string of the molecule is CCOC(=O)c1cn(Cc2ccc([NH3+])cc2)c2cccc(F)c2c1=O.[Cl-]. The van der Waals surface area contributed by atoms with E-state index in [1.807, 2.05) is 24.3 Å². The average Bonchev–Trinajstić information content (AvgIpc) is 2.59. The van der Waals surface area contributed by atoms with Gasteiger partial charge in [-0.3, -0.25) is 4.79 Å². The van der Waals surface area contributed by atoms with E-state index in [1.165, 1.54) is 18.3 Å². The number of pyridine rings is 1. The van der Waals surface area contributed by atoms with Crippen LogP contribution in [0.4, 0.5) is 10.1 Å².